The Balaban J connectivity index is 2.23. The highest BCUT2D eigenvalue weighted by atomic mass is 79.9. The summed E-state index contributed by atoms with van der Waals surface area (Å²) in [6, 6.07) is 2.12. The lowest BCUT2D eigenvalue weighted by atomic mass is 9.97. The number of rotatable bonds is 3. The van der Waals surface area contributed by atoms with Gasteiger partial charge in [0, 0.05) is 23.3 Å². The van der Waals surface area contributed by atoms with Crippen molar-refractivity contribution in [1.82, 2.24) is 9.88 Å². The molecule has 1 saturated heterocycles. The molecule has 1 aliphatic heterocycles. The predicted octanol–water partition coefficient (Wildman–Crippen LogP) is 3.22. The van der Waals surface area contributed by atoms with E-state index in [4.69, 9.17) is 5.73 Å². The summed E-state index contributed by atoms with van der Waals surface area (Å²) in [4.78, 5) is 18.7. The molecule has 1 amide bonds. The molecule has 4 nitrogen and oxygen atoms in total. The van der Waals surface area contributed by atoms with E-state index in [-0.39, 0.29) is 5.91 Å². The maximum atomic E-state index is 12.6. The Morgan fingerprint density at radius 1 is 1.58 bits per heavy atom. The van der Waals surface area contributed by atoms with Crippen molar-refractivity contribution in [3.63, 3.8) is 0 Å². The van der Waals surface area contributed by atoms with E-state index in [0.717, 1.165) is 36.7 Å². The fraction of sp³-hybridized carbons (Fsp3) is 0.571. The molecular weight excluding hydrogens is 306 g/mol. The summed E-state index contributed by atoms with van der Waals surface area (Å²) in [6.07, 6.45) is 7.16. The van der Waals surface area contributed by atoms with Gasteiger partial charge in [-0.25, -0.2) is 4.98 Å². The number of amides is 1. The van der Waals surface area contributed by atoms with Crippen molar-refractivity contribution in [1.29, 1.82) is 0 Å². The molecule has 0 radical (unpaired) electrons. The van der Waals surface area contributed by atoms with Crippen LogP contribution in [0.4, 0.5) is 5.82 Å². The number of piperidine rings is 1. The van der Waals surface area contributed by atoms with Gasteiger partial charge < -0.3 is 10.6 Å². The number of hydrogen-bond acceptors (Lipinski definition) is 3. The van der Waals surface area contributed by atoms with Gasteiger partial charge in [0.1, 0.15) is 5.82 Å². The lowest BCUT2D eigenvalue weighted by molar-refractivity contribution is 0.0601. The maximum absolute atomic E-state index is 12.6. The Labute approximate surface area is 122 Å². The van der Waals surface area contributed by atoms with Crippen LogP contribution in [-0.2, 0) is 0 Å². The summed E-state index contributed by atoms with van der Waals surface area (Å²) in [5.41, 5.74) is 6.35. The predicted molar refractivity (Wildman–Crippen MR) is 79.9 cm³/mol. The standard InChI is InChI=1S/C14H20BrN3O/c1-2-5-11-6-3-4-7-18(11)14(19)12-8-10(15)9-17-13(12)16/h8-9,11H,2-7H2,1H3,(H2,16,17). The van der Waals surface area contributed by atoms with E-state index >= 15 is 0 Å². The number of carbonyl (C=O) groups is 1. The van der Waals surface area contributed by atoms with Gasteiger partial charge in [0.2, 0.25) is 0 Å². The van der Waals surface area contributed by atoms with Gasteiger partial charge in [-0.3, -0.25) is 4.79 Å². The second-order valence-corrected chi connectivity index (χ2v) is 5.94. The zero-order valence-corrected chi connectivity index (χ0v) is 12.8. The van der Waals surface area contributed by atoms with Crippen LogP contribution >= 0.6 is 15.9 Å². The third-order valence-corrected chi connectivity index (χ3v) is 4.06. The van der Waals surface area contributed by atoms with Gasteiger partial charge in [-0.15, -0.1) is 0 Å². The SMILES string of the molecule is CCCC1CCCCN1C(=O)c1cc(Br)cnc1N. The highest BCUT2D eigenvalue weighted by Gasteiger charge is 2.28. The van der Waals surface area contributed by atoms with E-state index in [1.54, 1.807) is 12.3 Å². The average Bonchev–Trinajstić information content (AvgIpc) is 2.42. The lowest BCUT2D eigenvalue weighted by Gasteiger charge is -2.36. The van der Waals surface area contributed by atoms with Gasteiger partial charge in [-0.1, -0.05) is 13.3 Å². The first-order valence-corrected chi connectivity index (χ1v) is 7.64. The zero-order chi connectivity index (χ0) is 13.8. The average molecular weight is 326 g/mol. The van der Waals surface area contributed by atoms with Crippen LogP contribution in [0.1, 0.15) is 49.4 Å². The fourth-order valence-electron chi connectivity index (χ4n) is 2.68. The van der Waals surface area contributed by atoms with Crippen molar-refractivity contribution in [2.45, 2.75) is 45.1 Å². The topological polar surface area (TPSA) is 59.2 Å². The van der Waals surface area contributed by atoms with E-state index in [9.17, 15) is 4.79 Å². The molecule has 1 atom stereocenters. The molecular formula is C14H20BrN3O. The third kappa shape index (κ3) is 3.26. The molecule has 19 heavy (non-hydrogen) atoms. The number of anilines is 1. The zero-order valence-electron chi connectivity index (χ0n) is 11.2. The van der Waals surface area contributed by atoms with Crippen molar-refractivity contribution in [2.75, 3.05) is 12.3 Å². The minimum Gasteiger partial charge on any atom is -0.383 e. The van der Waals surface area contributed by atoms with Crippen LogP contribution in [0, 0.1) is 0 Å². The number of halogens is 1. The Morgan fingerprint density at radius 3 is 3.11 bits per heavy atom. The summed E-state index contributed by atoms with van der Waals surface area (Å²) in [6.45, 7) is 2.99. The van der Waals surface area contributed by atoms with Crippen LogP contribution in [0.3, 0.4) is 0 Å². The van der Waals surface area contributed by atoms with Crippen molar-refractivity contribution in [3.05, 3.63) is 22.3 Å². The molecule has 1 aromatic rings. The molecule has 2 rings (SSSR count). The van der Waals surface area contributed by atoms with Crippen molar-refractivity contribution in [2.24, 2.45) is 0 Å². The van der Waals surface area contributed by atoms with Crippen LogP contribution in [-0.4, -0.2) is 28.4 Å². The normalized spacial score (nSPS) is 19.5. The second kappa shape index (κ2) is 6.37. The molecule has 1 unspecified atom stereocenters. The Bertz CT molecular complexity index is 462. The molecule has 0 bridgehead atoms. The fourth-order valence-corrected chi connectivity index (χ4v) is 3.01. The van der Waals surface area contributed by atoms with Crippen LogP contribution < -0.4 is 5.73 Å². The van der Waals surface area contributed by atoms with Gasteiger partial charge in [-0.2, -0.15) is 0 Å². The summed E-state index contributed by atoms with van der Waals surface area (Å²) < 4.78 is 0.786. The first-order chi connectivity index (χ1) is 9.13. The molecule has 0 saturated carbocycles. The molecule has 1 fully saturated rings. The highest BCUT2D eigenvalue weighted by Crippen LogP contribution is 2.25. The molecule has 0 aromatic carbocycles. The van der Waals surface area contributed by atoms with Gasteiger partial charge in [0.05, 0.1) is 5.56 Å². The van der Waals surface area contributed by atoms with E-state index in [0.29, 0.717) is 17.4 Å². The smallest absolute Gasteiger partial charge is 0.257 e. The first kappa shape index (κ1) is 14.3. The Kier molecular flexibility index (Phi) is 4.80. The summed E-state index contributed by atoms with van der Waals surface area (Å²) in [5, 5.41) is 0. The van der Waals surface area contributed by atoms with Crippen LogP contribution in [0.25, 0.3) is 0 Å². The number of aromatic nitrogens is 1. The number of likely N-dealkylation sites (tertiary alicyclic amines) is 1. The molecule has 2 N–H and O–H groups in total. The van der Waals surface area contributed by atoms with E-state index < -0.39 is 0 Å². The van der Waals surface area contributed by atoms with Gasteiger partial charge in [0.15, 0.2) is 0 Å². The monoisotopic (exact) mass is 325 g/mol. The number of nitrogen functional groups attached to an aromatic ring is 1. The number of nitrogens with two attached hydrogens (primary N) is 1. The van der Waals surface area contributed by atoms with Crippen LogP contribution in [0.2, 0.25) is 0 Å². The molecule has 1 aromatic heterocycles. The first-order valence-electron chi connectivity index (χ1n) is 6.85. The van der Waals surface area contributed by atoms with E-state index in [2.05, 4.69) is 27.8 Å². The van der Waals surface area contributed by atoms with Gasteiger partial charge >= 0.3 is 0 Å². The van der Waals surface area contributed by atoms with Gasteiger partial charge in [-0.05, 0) is 47.7 Å². The van der Waals surface area contributed by atoms with Crippen molar-refractivity contribution < 1.29 is 4.79 Å². The van der Waals surface area contributed by atoms with Crippen LogP contribution in [0.15, 0.2) is 16.7 Å². The Hall–Kier alpha value is -1.10. The quantitative estimate of drug-likeness (QED) is 0.928. The molecule has 2 heterocycles. The lowest BCUT2D eigenvalue weighted by Crippen LogP contribution is -2.43. The molecule has 104 valence electrons. The largest absolute Gasteiger partial charge is 0.383 e. The number of pyridine rings is 1. The summed E-state index contributed by atoms with van der Waals surface area (Å²) >= 11 is 3.35. The van der Waals surface area contributed by atoms with Crippen LogP contribution in [0.5, 0.6) is 0 Å². The van der Waals surface area contributed by atoms with Crippen molar-refractivity contribution in [3.8, 4) is 0 Å². The number of hydrogen-bond donors (Lipinski definition) is 1. The molecule has 5 heteroatoms. The number of nitrogens with zero attached hydrogens (tertiary/aromatic N) is 2. The highest BCUT2D eigenvalue weighted by molar-refractivity contribution is 9.10. The molecule has 1 aliphatic rings. The van der Waals surface area contributed by atoms with Crippen molar-refractivity contribution >= 4 is 27.7 Å². The molecule has 0 aliphatic carbocycles. The van der Waals surface area contributed by atoms with E-state index in [1.807, 2.05) is 4.90 Å². The minimum atomic E-state index is 0.0180. The molecule has 0 spiro atoms. The number of carbonyl (C=O) groups excluding carboxylic acids is 1. The second-order valence-electron chi connectivity index (χ2n) is 5.02. The van der Waals surface area contributed by atoms with Gasteiger partial charge in [0.25, 0.3) is 5.91 Å². The Morgan fingerprint density at radius 2 is 2.37 bits per heavy atom. The maximum Gasteiger partial charge on any atom is 0.257 e. The van der Waals surface area contributed by atoms with E-state index in [1.165, 1.54) is 6.42 Å². The summed E-state index contributed by atoms with van der Waals surface area (Å²) in [7, 11) is 0. The third-order valence-electron chi connectivity index (χ3n) is 3.63. The summed E-state index contributed by atoms with van der Waals surface area (Å²) in [5.74, 6) is 0.332. The minimum absolute atomic E-state index is 0.0180.